The van der Waals surface area contributed by atoms with E-state index in [-0.39, 0.29) is 16.4 Å². The summed E-state index contributed by atoms with van der Waals surface area (Å²) in [5, 5.41) is 11.8. The molecule has 1 aromatic carbocycles. The number of benzene rings is 1. The second-order valence-electron chi connectivity index (χ2n) is 6.67. The third kappa shape index (κ3) is 4.62. The second kappa shape index (κ2) is 8.64. The fourth-order valence-electron chi connectivity index (χ4n) is 2.96. The Labute approximate surface area is 154 Å². The minimum Gasteiger partial charge on any atom is -0.480 e. The molecular formula is C18H26N2O5S. The maximum Gasteiger partial charge on any atom is 0.326 e. The van der Waals surface area contributed by atoms with Crippen LogP contribution in [0.25, 0.3) is 0 Å². The topological polar surface area (TPSA) is 104 Å². The van der Waals surface area contributed by atoms with Crippen LogP contribution in [-0.4, -0.2) is 48.8 Å². The summed E-state index contributed by atoms with van der Waals surface area (Å²) in [5.74, 6) is -1.94. The lowest BCUT2D eigenvalue weighted by Crippen LogP contribution is -2.45. The zero-order chi connectivity index (χ0) is 19.3. The van der Waals surface area contributed by atoms with Gasteiger partial charge >= 0.3 is 5.97 Å². The zero-order valence-corrected chi connectivity index (χ0v) is 16.0. The summed E-state index contributed by atoms with van der Waals surface area (Å²) in [5.41, 5.74) is 0.137. The van der Waals surface area contributed by atoms with Crippen LogP contribution in [0.5, 0.6) is 0 Å². The van der Waals surface area contributed by atoms with Crippen molar-refractivity contribution in [3.63, 3.8) is 0 Å². The van der Waals surface area contributed by atoms with Gasteiger partial charge in [0.15, 0.2) is 0 Å². The molecule has 1 amide bonds. The highest BCUT2D eigenvalue weighted by molar-refractivity contribution is 7.89. The quantitative estimate of drug-likeness (QED) is 0.751. The average molecular weight is 382 g/mol. The van der Waals surface area contributed by atoms with E-state index in [1.54, 1.807) is 6.92 Å². The average Bonchev–Trinajstić information content (AvgIpc) is 2.65. The molecule has 2 atom stereocenters. The third-order valence-electron chi connectivity index (χ3n) is 4.81. The van der Waals surface area contributed by atoms with Crippen LogP contribution < -0.4 is 5.32 Å². The molecule has 0 bridgehead atoms. The molecule has 0 spiro atoms. The Morgan fingerprint density at radius 1 is 1.23 bits per heavy atom. The minimum absolute atomic E-state index is 0.0578. The number of hydrogen-bond acceptors (Lipinski definition) is 4. The number of nitrogens with zero attached hydrogens (tertiary/aromatic N) is 1. The molecule has 26 heavy (non-hydrogen) atoms. The smallest absolute Gasteiger partial charge is 0.326 e. The molecule has 1 saturated heterocycles. The first-order valence-electron chi connectivity index (χ1n) is 8.91. The van der Waals surface area contributed by atoms with Crippen LogP contribution in [0.4, 0.5) is 0 Å². The Balaban J connectivity index is 2.22. The van der Waals surface area contributed by atoms with Gasteiger partial charge in [-0.3, -0.25) is 4.79 Å². The van der Waals surface area contributed by atoms with Crippen molar-refractivity contribution in [2.45, 2.75) is 50.5 Å². The van der Waals surface area contributed by atoms with Crippen molar-refractivity contribution >= 4 is 21.9 Å². The van der Waals surface area contributed by atoms with Crippen molar-refractivity contribution in [3.8, 4) is 0 Å². The van der Waals surface area contributed by atoms with Crippen LogP contribution in [0, 0.1) is 5.92 Å². The van der Waals surface area contributed by atoms with Gasteiger partial charge in [0.05, 0.1) is 4.90 Å². The molecule has 2 N–H and O–H groups in total. The van der Waals surface area contributed by atoms with E-state index >= 15 is 0 Å². The Hall–Kier alpha value is -1.93. The molecule has 2 rings (SSSR count). The number of carbonyl (C=O) groups excluding carboxylic acids is 1. The maximum absolute atomic E-state index is 12.7. The Morgan fingerprint density at radius 3 is 2.46 bits per heavy atom. The minimum atomic E-state index is -3.65. The summed E-state index contributed by atoms with van der Waals surface area (Å²) < 4.78 is 26.9. The normalized spacial score (nSPS) is 18.1. The van der Waals surface area contributed by atoms with Gasteiger partial charge in [-0.05, 0) is 37.0 Å². The summed E-state index contributed by atoms with van der Waals surface area (Å²) in [6.07, 6.45) is 3.27. The molecule has 8 heteroatoms. The van der Waals surface area contributed by atoms with Crippen LogP contribution in [0.1, 0.15) is 49.9 Å². The van der Waals surface area contributed by atoms with Gasteiger partial charge in [-0.2, -0.15) is 4.31 Å². The fourth-order valence-corrected chi connectivity index (χ4v) is 4.52. The predicted molar refractivity (Wildman–Crippen MR) is 97.4 cm³/mol. The molecule has 2 unspecified atom stereocenters. The molecular weight excluding hydrogens is 356 g/mol. The number of amides is 1. The lowest BCUT2D eigenvalue weighted by Gasteiger charge is -2.26. The highest BCUT2D eigenvalue weighted by Crippen LogP contribution is 2.21. The highest BCUT2D eigenvalue weighted by atomic mass is 32.2. The number of nitrogens with one attached hydrogen (secondary N) is 1. The Morgan fingerprint density at radius 2 is 1.88 bits per heavy atom. The lowest BCUT2D eigenvalue weighted by atomic mass is 9.99. The standard InChI is InChI=1S/C18H26N2O5S/c1-3-13(2)16(18(22)23)19-17(21)14-8-7-9-15(12-14)26(24,25)20-10-5-4-6-11-20/h7-9,12-13,16H,3-6,10-11H2,1-2H3,(H,19,21)(H,22,23). The number of piperidine rings is 1. The lowest BCUT2D eigenvalue weighted by molar-refractivity contribution is -0.140. The molecule has 144 valence electrons. The van der Waals surface area contributed by atoms with Crippen LogP contribution in [-0.2, 0) is 14.8 Å². The van der Waals surface area contributed by atoms with Gasteiger partial charge in [0.2, 0.25) is 10.0 Å². The highest BCUT2D eigenvalue weighted by Gasteiger charge is 2.28. The summed E-state index contributed by atoms with van der Waals surface area (Å²) >= 11 is 0. The largest absolute Gasteiger partial charge is 0.480 e. The third-order valence-corrected chi connectivity index (χ3v) is 6.71. The molecule has 1 fully saturated rings. The molecule has 0 aliphatic carbocycles. The zero-order valence-electron chi connectivity index (χ0n) is 15.1. The van der Waals surface area contributed by atoms with Gasteiger partial charge in [-0.1, -0.05) is 32.8 Å². The summed E-state index contributed by atoms with van der Waals surface area (Å²) in [6, 6.07) is 4.75. The molecule has 1 aliphatic heterocycles. The van der Waals surface area contributed by atoms with Crippen molar-refractivity contribution < 1.29 is 23.1 Å². The molecule has 7 nitrogen and oxygen atoms in total. The Bertz CT molecular complexity index is 757. The number of rotatable bonds is 7. The number of carbonyl (C=O) groups is 2. The number of carboxylic acids is 1. The van der Waals surface area contributed by atoms with Gasteiger partial charge in [0.25, 0.3) is 5.91 Å². The Kier molecular flexibility index (Phi) is 6.77. The molecule has 1 aromatic rings. The fraction of sp³-hybridized carbons (Fsp3) is 0.556. The molecule has 0 aromatic heterocycles. The van der Waals surface area contributed by atoms with Gasteiger partial charge in [0.1, 0.15) is 6.04 Å². The summed E-state index contributed by atoms with van der Waals surface area (Å²) in [6.45, 7) is 4.55. The molecule has 1 aliphatic rings. The first kappa shape index (κ1) is 20.4. The van der Waals surface area contributed by atoms with E-state index in [0.717, 1.165) is 19.3 Å². The summed E-state index contributed by atoms with van der Waals surface area (Å²) in [4.78, 5) is 23.9. The van der Waals surface area contributed by atoms with Crippen LogP contribution >= 0.6 is 0 Å². The predicted octanol–water partition coefficient (Wildman–Crippen LogP) is 2.09. The number of carboxylic acid groups (broad SMARTS) is 1. The van der Waals surface area contributed by atoms with Gasteiger partial charge < -0.3 is 10.4 Å². The van der Waals surface area contributed by atoms with E-state index in [2.05, 4.69) is 5.32 Å². The molecule has 0 radical (unpaired) electrons. The first-order chi connectivity index (χ1) is 12.3. The van der Waals surface area contributed by atoms with Crippen molar-refractivity contribution in [2.75, 3.05) is 13.1 Å². The van der Waals surface area contributed by atoms with E-state index in [1.165, 1.54) is 28.6 Å². The molecule has 1 heterocycles. The van der Waals surface area contributed by atoms with Crippen molar-refractivity contribution in [2.24, 2.45) is 5.92 Å². The van der Waals surface area contributed by atoms with Crippen molar-refractivity contribution in [1.82, 2.24) is 9.62 Å². The van der Waals surface area contributed by atoms with E-state index in [9.17, 15) is 23.1 Å². The number of hydrogen-bond donors (Lipinski definition) is 2. The van der Waals surface area contributed by atoms with Crippen LogP contribution in [0.2, 0.25) is 0 Å². The van der Waals surface area contributed by atoms with E-state index in [1.807, 2.05) is 6.92 Å². The van der Waals surface area contributed by atoms with Crippen molar-refractivity contribution in [1.29, 1.82) is 0 Å². The van der Waals surface area contributed by atoms with Gasteiger partial charge in [-0.25, -0.2) is 13.2 Å². The molecule has 0 saturated carbocycles. The van der Waals surface area contributed by atoms with E-state index in [4.69, 9.17) is 0 Å². The van der Waals surface area contributed by atoms with Gasteiger partial charge in [0, 0.05) is 18.7 Å². The van der Waals surface area contributed by atoms with Crippen molar-refractivity contribution in [3.05, 3.63) is 29.8 Å². The first-order valence-corrected chi connectivity index (χ1v) is 10.3. The number of aliphatic carboxylic acids is 1. The van der Waals surface area contributed by atoms with E-state index in [0.29, 0.717) is 19.5 Å². The SMILES string of the molecule is CCC(C)C(NC(=O)c1cccc(S(=O)(=O)N2CCCCC2)c1)C(=O)O. The number of sulfonamides is 1. The maximum atomic E-state index is 12.7. The van der Waals surface area contributed by atoms with Gasteiger partial charge in [-0.15, -0.1) is 0 Å². The van der Waals surface area contributed by atoms with Crippen LogP contribution in [0.15, 0.2) is 29.2 Å². The second-order valence-corrected chi connectivity index (χ2v) is 8.61. The van der Waals surface area contributed by atoms with E-state index < -0.39 is 27.9 Å². The monoisotopic (exact) mass is 382 g/mol. The van der Waals surface area contributed by atoms with Crippen LogP contribution in [0.3, 0.4) is 0 Å². The summed E-state index contributed by atoms with van der Waals surface area (Å²) in [7, 11) is -3.65.